The molecule has 4 heteroatoms. The third-order valence-corrected chi connectivity index (χ3v) is 2.78. The van der Waals surface area contributed by atoms with Gasteiger partial charge in [0.1, 0.15) is 0 Å². The fraction of sp³-hybridized carbons (Fsp3) is 1.00. The van der Waals surface area contributed by atoms with E-state index in [0.717, 1.165) is 44.4 Å². The van der Waals surface area contributed by atoms with Gasteiger partial charge in [-0.1, -0.05) is 27.7 Å². The highest BCUT2D eigenvalue weighted by molar-refractivity contribution is 4.62. The molecule has 0 aromatic heterocycles. The van der Waals surface area contributed by atoms with Gasteiger partial charge in [0.25, 0.3) is 0 Å². The molecule has 0 saturated heterocycles. The van der Waals surface area contributed by atoms with Crippen LogP contribution in [0.15, 0.2) is 0 Å². The summed E-state index contributed by atoms with van der Waals surface area (Å²) in [4.78, 5) is 2.53. The van der Waals surface area contributed by atoms with Crippen LogP contribution in [0.2, 0.25) is 0 Å². The first-order chi connectivity index (χ1) is 9.47. The molecule has 0 aliphatic carbocycles. The molecular formula is C16H40N4. The van der Waals surface area contributed by atoms with Crippen molar-refractivity contribution in [1.82, 2.24) is 15.5 Å². The number of hydrogen-bond acceptors (Lipinski definition) is 4. The van der Waals surface area contributed by atoms with Crippen LogP contribution in [0.1, 0.15) is 40.5 Å². The first-order valence-corrected chi connectivity index (χ1v) is 8.19. The topological polar surface area (TPSA) is 53.3 Å². The van der Waals surface area contributed by atoms with E-state index in [9.17, 15) is 0 Å². The Morgan fingerprint density at radius 3 is 1.60 bits per heavy atom. The lowest BCUT2D eigenvalue weighted by Crippen LogP contribution is -2.33. The summed E-state index contributed by atoms with van der Waals surface area (Å²) in [5, 5.41) is 6.12. The van der Waals surface area contributed by atoms with Gasteiger partial charge in [0.15, 0.2) is 0 Å². The summed E-state index contributed by atoms with van der Waals surface area (Å²) < 4.78 is 0. The lowest BCUT2D eigenvalue weighted by atomic mass is 10.1. The minimum absolute atomic E-state index is 0.761. The van der Waals surface area contributed by atoms with Crippen molar-refractivity contribution in [3.05, 3.63) is 0 Å². The molecule has 0 aliphatic rings. The average Bonchev–Trinajstić information content (AvgIpc) is 2.36. The van der Waals surface area contributed by atoms with Crippen LogP contribution in [0, 0.1) is 11.8 Å². The van der Waals surface area contributed by atoms with Crippen LogP contribution >= 0.6 is 0 Å². The largest absolute Gasteiger partial charge is 0.330 e. The second kappa shape index (κ2) is 16.9. The van der Waals surface area contributed by atoms with E-state index < -0.39 is 0 Å². The predicted molar refractivity (Wildman–Crippen MR) is 92.3 cm³/mol. The highest BCUT2D eigenvalue weighted by Crippen LogP contribution is 2.03. The zero-order valence-corrected chi connectivity index (χ0v) is 14.8. The molecule has 0 aromatic rings. The Morgan fingerprint density at radius 1 is 0.850 bits per heavy atom. The van der Waals surface area contributed by atoms with Gasteiger partial charge in [0.2, 0.25) is 0 Å². The molecule has 4 N–H and O–H groups in total. The van der Waals surface area contributed by atoms with Gasteiger partial charge in [-0.2, -0.15) is 0 Å². The third kappa shape index (κ3) is 20.2. The van der Waals surface area contributed by atoms with Crippen molar-refractivity contribution < 1.29 is 0 Å². The summed E-state index contributed by atoms with van der Waals surface area (Å²) in [5.41, 5.74) is 5.51. The van der Waals surface area contributed by atoms with Gasteiger partial charge in [-0.15, -0.1) is 0 Å². The molecule has 0 rings (SSSR count). The molecule has 0 aromatic carbocycles. The van der Waals surface area contributed by atoms with Crippen molar-refractivity contribution in [2.45, 2.75) is 40.5 Å². The van der Waals surface area contributed by atoms with Crippen LogP contribution in [0.4, 0.5) is 0 Å². The number of hydrogen-bond donors (Lipinski definition) is 3. The molecule has 124 valence electrons. The summed E-state index contributed by atoms with van der Waals surface area (Å²) in [6.07, 6.45) is 2.34. The van der Waals surface area contributed by atoms with E-state index in [1.54, 1.807) is 0 Å². The summed E-state index contributed by atoms with van der Waals surface area (Å²) in [7, 11) is 3.94. The molecule has 0 amide bonds. The van der Waals surface area contributed by atoms with Crippen LogP contribution < -0.4 is 16.4 Å². The van der Waals surface area contributed by atoms with Gasteiger partial charge in [-0.25, -0.2) is 0 Å². The van der Waals surface area contributed by atoms with Crippen LogP contribution in [0.3, 0.4) is 0 Å². The maximum absolute atomic E-state index is 5.51. The van der Waals surface area contributed by atoms with E-state index in [-0.39, 0.29) is 0 Å². The zero-order chi connectivity index (χ0) is 15.8. The zero-order valence-electron chi connectivity index (χ0n) is 14.8. The SMILES string of the molecule is CC(C)CN(CCCN)CC(C)C.CNCCCNC. The first-order valence-electron chi connectivity index (χ1n) is 8.19. The van der Waals surface area contributed by atoms with Gasteiger partial charge < -0.3 is 21.3 Å². The third-order valence-electron chi connectivity index (χ3n) is 2.78. The van der Waals surface area contributed by atoms with Crippen molar-refractivity contribution in [3.63, 3.8) is 0 Å². The molecule has 0 fully saturated rings. The van der Waals surface area contributed by atoms with Crippen LogP contribution in [0.5, 0.6) is 0 Å². The first kappa shape index (κ1) is 22.1. The van der Waals surface area contributed by atoms with E-state index in [2.05, 4.69) is 43.2 Å². The molecule has 0 aliphatic heterocycles. The Morgan fingerprint density at radius 2 is 1.30 bits per heavy atom. The molecule has 0 heterocycles. The van der Waals surface area contributed by atoms with Gasteiger partial charge in [-0.3, -0.25) is 0 Å². The summed E-state index contributed by atoms with van der Waals surface area (Å²) >= 11 is 0. The monoisotopic (exact) mass is 288 g/mol. The number of nitrogens with zero attached hydrogens (tertiary/aromatic N) is 1. The van der Waals surface area contributed by atoms with Gasteiger partial charge in [-0.05, 0) is 65.0 Å². The number of rotatable bonds is 11. The number of nitrogens with two attached hydrogens (primary N) is 1. The van der Waals surface area contributed by atoms with Gasteiger partial charge >= 0.3 is 0 Å². The van der Waals surface area contributed by atoms with Crippen molar-refractivity contribution in [2.24, 2.45) is 17.6 Å². The average molecular weight is 289 g/mol. The second-order valence-electron chi connectivity index (χ2n) is 6.25. The summed E-state index contributed by atoms with van der Waals surface area (Å²) in [5.74, 6) is 1.52. The minimum atomic E-state index is 0.761. The quantitative estimate of drug-likeness (QED) is 0.507. The van der Waals surface area contributed by atoms with E-state index in [1.165, 1.54) is 19.5 Å². The van der Waals surface area contributed by atoms with Crippen LogP contribution in [0.25, 0.3) is 0 Å². The van der Waals surface area contributed by atoms with E-state index in [0.29, 0.717) is 0 Å². The second-order valence-corrected chi connectivity index (χ2v) is 6.25. The molecule has 4 nitrogen and oxygen atoms in total. The van der Waals surface area contributed by atoms with E-state index in [4.69, 9.17) is 5.73 Å². The highest BCUT2D eigenvalue weighted by Gasteiger charge is 2.08. The maximum atomic E-state index is 5.51. The Kier molecular flexibility index (Phi) is 18.7. The molecule has 0 spiro atoms. The Labute approximate surface area is 127 Å². The number of nitrogens with one attached hydrogen (secondary N) is 2. The van der Waals surface area contributed by atoms with Crippen molar-refractivity contribution in [1.29, 1.82) is 0 Å². The smallest absolute Gasteiger partial charge is 0.000450 e. The molecule has 0 bridgehead atoms. The van der Waals surface area contributed by atoms with Crippen LogP contribution in [-0.2, 0) is 0 Å². The van der Waals surface area contributed by atoms with Crippen molar-refractivity contribution in [3.8, 4) is 0 Å². The van der Waals surface area contributed by atoms with Crippen LogP contribution in [-0.4, -0.2) is 58.3 Å². The minimum Gasteiger partial charge on any atom is -0.330 e. The molecule has 0 unspecified atom stereocenters. The fourth-order valence-electron chi connectivity index (χ4n) is 2.05. The van der Waals surface area contributed by atoms with Crippen molar-refractivity contribution in [2.75, 3.05) is 53.4 Å². The molecule has 0 atom stereocenters. The highest BCUT2D eigenvalue weighted by atomic mass is 15.1. The van der Waals surface area contributed by atoms with Crippen molar-refractivity contribution >= 4 is 0 Å². The lowest BCUT2D eigenvalue weighted by molar-refractivity contribution is 0.218. The molecule has 20 heavy (non-hydrogen) atoms. The Bertz CT molecular complexity index is 158. The maximum Gasteiger partial charge on any atom is 0.000450 e. The molecular weight excluding hydrogens is 248 g/mol. The standard InChI is InChI=1S/C11H26N2.C5H14N2/c1-10(2)8-13(7-5-6-12)9-11(3)4;1-6-4-3-5-7-2/h10-11H,5-9,12H2,1-4H3;6-7H,3-5H2,1-2H3. The van der Waals surface area contributed by atoms with Gasteiger partial charge in [0.05, 0.1) is 0 Å². The Balaban J connectivity index is 0. The Hall–Kier alpha value is -0.160. The molecule has 0 saturated carbocycles. The van der Waals surface area contributed by atoms with Gasteiger partial charge in [0, 0.05) is 13.1 Å². The molecule has 0 radical (unpaired) electrons. The van der Waals surface area contributed by atoms with E-state index in [1.807, 2.05) is 14.1 Å². The lowest BCUT2D eigenvalue weighted by Gasteiger charge is -2.25. The summed E-state index contributed by atoms with van der Waals surface area (Å²) in [6, 6.07) is 0. The summed E-state index contributed by atoms with van der Waals surface area (Å²) in [6.45, 7) is 15.7. The fourth-order valence-corrected chi connectivity index (χ4v) is 2.05. The predicted octanol–water partition coefficient (Wildman–Crippen LogP) is 1.76. The van der Waals surface area contributed by atoms with E-state index >= 15 is 0 Å². The normalized spacial score (nSPS) is 11.1.